The number of aromatic nitrogens is 5. The highest BCUT2D eigenvalue weighted by Crippen LogP contribution is 2.45. The molecular formula is C25H24FN7O. The zero-order chi connectivity index (χ0) is 23.1. The molecule has 2 fully saturated rings. The van der Waals surface area contributed by atoms with E-state index in [0.29, 0.717) is 36.2 Å². The summed E-state index contributed by atoms with van der Waals surface area (Å²) in [6.45, 7) is 1.49. The minimum absolute atomic E-state index is 0.265. The first-order valence-corrected chi connectivity index (χ1v) is 11.6. The van der Waals surface area contributed by atoms with Crippen molar-refractivity contribution in [3.8, 4) is 11.4 Å². The average Bonchev–Trinajstić information content (AvgIpc) is 3.69. The van der Waals surface area contributed by atoms with Crippen LogP contribution < -0.4 is 10.2 Å². The van der Waals surface area contributed by atoms with Gasteiger partial charge >= 0.3 is 0 Å². The van der Waals surface area contributed by atoms with Crippen molar-refractivity contribution in [2.24, 2.45) is 0 Å². The van der Waals surface area contributed by atoms with E-state index in [-0.39, 0.29) is 6.10 Å². The zero-order valence-corrected chi connectivity index (χ0v) is 18.5. The minimum Gasteiger partial charge on any atom is -0.393 e. The minimum atomic E-state index is -0.561. The SMILES string of the molecule is OC1CCN(c2nc(-c3ccnc(Nc4cccc(F)n4)c3)nc3cncc(C4CC4)c23)CC1. The third kappa shape index (κ3) is 4.14. The maximum absolute atomic E-state index is 13.5. The van der Waals surface area contributed by atoms with Crippen LogP contribution in [0.2, 0.25) is 0 Å². The summed E-state index contributed by atoms with van der Waals surface area (Å²) in [6.07, 6.45) is 8.90. The van der Waals surface area contributed by atoms with Gasteiger partial charge in [0.2, 0.25) is 5.95 Å². The standard InChI is InChI=1S/C25H24FN7O/c26-20-2-1-3-21(30-20)31-22-12-16(6-9-28-22)24-29-19-14-27-13-18(15-4-5-15)23(19)25(32-24)33-10-7-17(34)8-11-33/h1-3,6,9,12-15,17,34H,4-5,7-8,10-11H2,(H,28,30,31). The Morgan fingerprint density at radius 1 is 0.971 bits per heavy atom. The molecule has 1 saturated carbocycles. The summed E-state index contributed by atoms with van der Waals surface area (Å²) >= 11 is 0. The average molecular weight is 458 g/mol. The molecule has 9 heteroatoms. The van der Waals surface area contributed by atoms with Gasteiger partial charge in [0.05, 0.1) is 17.8 Å². The van der Waals surface area contributed by atoms with E-state index in [0.717, 1.165) is 48.2 Å². The molecule has 0 atom stereocenters. The van der Waals surface area contributed by atoms with Crippen molar-refractivity contribution in [1.29, 1.82) is 0 Å². The van der Waals surface area contributed by atoms with Crippen LogP contribution in [-0.4, -0.2) is 49.2 Å². The lowest BCUT2D eigenvalue weighted by molar-refractivity contribution is 0.145. The highest BCUT2D eigenvalue weighted by atomic mass is 19.1. The maximum atomic E-state index is 13.5. The van der Waals surface area contributed by atoms with E-state index in [1.165, 1.54) is 11.6 Å². The normalized spacial score (nSPS) is 16.7. The molecule has 0 unspecified atom stereocenters. The molecule has 2 N–H and O–H groups in total. The molecule has 1 aliphatic heterocycles. The fourth-order valence-corrected chi connectivity index (χ4v) is 4.48. The third-order valence-electron chi connectivity index (χ3n) is 6.39. The van der Waals surface area contributed by atoms with E-state index in [9.17, 15) is 9.50 Å². The van der Waals surface area contributed by atoms with E-state index in [1.54, 1.807) is 24.5 Å². The molecule has 2 aliphatic rings. The van der Waals surface area contributed by atoms with Gasteiger partial charge in [0, 0.05) is 36.4 Å². The molecule has 1 saturated heterocycles. The van der Waals surface area contributed by atoms with Gasteiger partial charge in [-0.05, 0) is 61.4 Å². The van der Waals surface area contributed by atoms with Gasteiger partial charge in [0.15, 0.2) is 5.82 Å². The number of hydrogen-bond acceptors (Lipinski definition) is 8. The van der Waals surface area contributed by atoms with Crippen LogP contribution in [0.1, 0.15) is 37.2 Å². The van der Waals surface area contributed by atoms with Gasteiger partial charge in [-0.25, -0.2) is 19.9 Å². The van der Waals surface area contributed by atoms with Gasteiger partial charge in [-0.2, -0.15) is 4.39 Å². The van der Waals surface area contributed by atoms with Crippen LogP contribution in [0.15, 0.2) is 48.9 Å². The van der Waals surface area contributed by atoms with Crippen LogP contribution in [0.4, 0.5) is 21.8 Å². The first kappa shape index (κ1) is 20.9. The van der Waals surface area contributed by atoms with E-state index in [1.807, 2.05) is 18.3 Å². The molecule has 0 amide bonds. The molecule has 8 nitrogen and oxygen atoms in total. The molecule has 34 heavy (non-hydrogen) atoms. The number of fused-ring (bicyclic) bond motifs is 1. The van der Waals surface area contributed by atoms with Crippen LogP contribution in [0.3, 0.4) is 0 Å². The van der Waals surface area contributed by atoms with Crippen LogP contribution >= 0.6 is 0 Å². The molecule has 1 aliphatic carbocycles. The Balaban J connectivity index is 1.43. The molecule has 0 radical (unpaired) electrons. The zero-order valence-electron chi connectivity index (χ0n) is 18.5. The Morgan fingerprint density at radius 3 is 2.62 bits per heavy atom. The van der Waals surface area contributed by atoms with E-state index in [4.69, 9.17) is 9.97 Å². The Hall–Kier alpha value is -3.72. The smallest absolute Gasteiger partial charge is 0.214 e. The van der Waals surface area contributed by atoms with Crippen molar-refractivity contribution in [3.05, 3.63) is 60.4 Å². The van der Waals surface area contributed by atoms with Crippen molar-refractivity contribution in [2.75, 3.05) is 23.3 Å². The topological polar surface area (TPSA) is 100.0 Å². The Bertz CT molecular complexity index is 1350. The van der Waals surface area contributed by atoms with Crippen molar-refractivity contribution in [2.45, 2.75) is 37.7 Å². The Morgan fingerprint density at radius 2 is 1.82 bits per heavy atom. The summed E-state index contributed by atoms with van der Waals surface area (Å²) in [5.74, 6) is 2.31. The maximum Gasteiger partial charge on any atom is 0.214 e. The summed E-state index contributed by atoms with van der Waals surface area (Å²) in [6, 6.07) is 8.25. The number of rotatable bonds is 5. The predicted molar refractivity (Wildman–Crippen MR) is 127 cm³/mol. The van der Waals surface area contributed by atoms with Crippen molar-refractivity contribution in [3.63, 3.8) is 0 Å². The molecule has 6 rings (SSSR count). The summed E-state index contributed by atoms with van der Waals surface area (Å²) in [7, 11) is 0. The Kier molecular flexibility index (Phi) is 5.26. The quantitative estimate of drug-likeness (QED) is 0.430. The number of anilines is 3. The van der Waals surface area contributed by atoms with E-state index >= 15 is 0 Å². The highest BCUT2D eigenvalue weighted by Gasteiger charge is 2.30. The number of piperidine rings is 1. The van der Waals surface area contributed by atoms with Gasteiger partial charge < -0.3 is 15.3 Å². The fraction of sp³-hybridized carbons (Fsp3) is 0.320. The first-order chi connectivity index (χ1) is 16.6. The molecule has 5 heterocycles. The number of nitrogens with zero attached hydrogens (tertiary/aromatic N) is 6. The summed E-state index contributed by atoms with van der Waals surface area (Å²) in [5.41, 5.74) is 2.80. The molecule has 4 aromatic rings. The molecular weight excluding hydrogens is 433 g/mol. The fourth-order valence-electron chi connectivity index (χ4n) is 4.48. The van der Waals surface area contributed by atoms with Crippen LogP contribution in [0, 0.1) is 5.95 Å². The van der Waals surface area contributed by atoms with Gasteiger partial charge in [-0.3, -0.25) is 4.98 Å². The molecule has 0 bridgehead atoms. The first-order valence-electron chi connectivity index (χ1n) is 11.6. The van der Waals surface area contributed by atoms with Gasteiger partial charge in [-0.15, -0.1) is 0 Å². The lowest BCUT2D eigenvalue weighted by atomic mass is 10.0. The second-order valence-electron chi connectivity index (χ2n) is 8.89. The number of aliphatic hydroxyl groups is 1. The highest BCUT2D eigenvalue weighted by molar-refractivity contribution is 5.94. The second-order valence-corrected chi connectivity index (χ2v) is 8.89. The lowest BCUT2D eigenvalue weighted by Crippen LogP contribution is -2.36. The molecule has 0 spiro atoms. The predicted octanol–water partition coefficient (Wildman–Crippen LogP) is 4.20. The molecule has 0 aromatic carbocycles. The number of halogens is 1. The van der Waals surface area contributed by atoms with Crippen LogP contribution in [-0.2, 0) is 0 Å². The molecule has 172 valence electrons. The van der Waals surface area contributed by atoms with E-state index in [2.05, 4.69) is 25.2 Å². The summed E-state index contributed by atoms with van der Waals surface area (Å²) in [4.78, 5) is 24.8. The largest absolute Gasteiger partial charge is 0.393 e. The van der Waals surface area contributed by atoms with Gasteiger partial charge in [0.25, 0.3) is 0 Å². The van der Waals surface area contributed by atoms with E-state index < -0.39 is 5.95 Å². The van der Waals surface area contributed by atoms with Crippen LogP contribution in [0.5, 0.6) is 0 Å². The molecule has 4 aromatic heterocycles. The van der Waals surface area contributed by atoms with Gasteiger partial charge in [-0.1, -0.05) is 6.07 Å². The number of pyridine rings is 3. The van der Waals surface area contributed by atoms with Crippen LogP contribution in [0.25, 0.3) is 22.3 Å². The van der Waals surface area contributed by atoms with Crippen molar-refractivity contribution in [1.82, 2.24) is 24.9 Å². The van der Waals surface area contributed by atoms with Crippen molar-refractivity contribution >= 4 is 28.4 Å². The van der Waals surface area contributed by atoms with Gasteiger partial charge in [0.1, 0.15) is 17.5 Å². The van der Waals surface area contributed by atoms with Crippen molar-refractivity contribution < 1.29 is 9.50 Å². The monoisotopic (exact) mass is 457 g/mol. The summed E-state index contributed by atoms with van der Waals surface area (Å²) in [5, 5.41) is 14.1. The Labute approximate surface area is 196 Å². The lowest BCUT2D eigenvalue weighted by Gasteiger charge is -2.31. The number of nitrogens with one attached hydrogen (secondary N) is 1. The second kappa shape index (κ2) is 8.57. The number of aliphatic hydroxyl groups excluding tert-OH is 1. The number of hydrogen-bond donors (Lipinski definition) is 2. The third-order valence-corrected chi connectivity index (χ3v) is 6.39. The summed E-state index contributed by atoms with van der Waals surface area (Å²) < 4.78 is 13.5.